The molecule has 2 bridgehead atoms. The van der Waals surface area contributed by atoms with E-state index < -0.39 is 11.6 Å². The predicted molar refractivity (Wildman–Crippen MR) is 72.7 cm³/mol. The maximum Gasteiger partial charge on any atom is 0.167 e. The molecular weight excluding hydrogens is 262 g/mol. The highest BCUT2D eigenvalue weighted by Gasteiger charge is 2.32. The van der Waals surface area contributed by atoms with Gasteiger partial charge in [0, 0.05) is 31.2 Å². The standard InChI is InChI=1S/C15H20F2N2O/c1-20-14-5-4-13(16)15(17)12(14)9-19-8-10-2-3-11(19)7-18-6-10/h4-5,10-11,18H,2-3,6-9H2,1H3/t10-,11+/m1/s1. The lowest BCUT2D eigenvalue weighted by atomic mass is 9.94. The van der Waals surface area contributed by atoms with Gasteiger partial charge in [0.15, 0.2) is 11.6 Å². The molecule has 0 spiro atoms. The molecule has 1 aromatic carbocycles. The largest absolute Gasteiger partial charge is 0.496 e. The van der Waals surface area contributed by atoms with E-state index in [1.165, 1.54) is 19.6 Å². The number of ether oxygens (including phenoxy) is 1. The first-order valence-corrected chi connectivity index (χ1v) is 7.14. The smallest absolute Gasteiger partial charge is 0.167 e. The molecule has 0 saturated carbocycles. The van der Waals surface area contributed by atoms with Crippen LogP contribution in [0.25, 0.3) is 0 Å². The van der Waals surface area contributed by atoms with Gasteiger partial charge in [-0.05, 0) is 37.4 Å². The van der Waals surface area contributed by atoms with E-state index >= 15 is 0 Å². The average Bonchev–Trinajstić information content (AvgIpc) is 2.79. The Morgan fingerprint density at radius 1 is 1.30 bits per heavy atom. The van der Waals surface area contributed by atoms with Crippen molar-refractivity contribution in [3.05, 3.63) is 29.3 Å². The summed E-state index contributed by atoms with van der Waals surface area (Å²) in [5, 5.41) is 3.44. The lowest BCUT2D eigenvalue weighted by molar-refractivity contribution is 0.123. The van der Waals surface area contributed by atoms with Crippen molar-refractivity contribution < 1.29 is 13.5 Å². The number of halogens is 2. The third-order valence-corrected chi connectivity index (χ3v) is 4.46. The monoisotopic (exact) mass is 282 g/mol. The minimum atomic E-state index is -0.807. The Balaban J connectivity index is 1.85. The van der Waals surface area contributed by atoms with Crippen molar-refractivity contribution >= 4 is 0 Å². The highest BCUT2D eigenvalue weighted by Crippen LogP contribution is 2.30. The molecule has 3 nitrogen and oxygen atoms in total. The van der Waals surface area contributed by atoms with Crippen LogP contribution in [0.4, 0.5) is 8.78 Å². The van der Waals surface area contributed by atoms with E-state index in [2.05, 4.69) is 10.2 Å². The van der Waals surface area contributed by atoms with Crippen LogP contribution >= 0.6 is 0 Å². The topological polar surface area (TPSA) is 24.5 Å². The van der Waals surface area contributed by atoms with Gasteiger partial charge in [0.2, 0.25) is 0 Å². The highest BCUT2D eigenvalue weighted by molar-refractivity contribution is 5.35. The molecule has 1 aromatic rings. The second-order valence-corrected chi connectivity index (χ2v) is 5.73. The molecule has 110 valence electrons. The van der Waals surface area contributed by atoms with Crippen molar-refractivity contribution in [3.8, 4) is 5.75 Å². The Morgan fingerprint density at radius 2 is 2.15 bits per heavy atom. The van der Waals surface area contributed by atoms with E-state index in [4.69, 9.17) is 4.74 Å². The zero-order valence-electron chi connectivity index (χ0n) is 11.7. The number of benzene rings is 1. The molecule has 3 fully saturated rings. The van der Waals surface area contributed by atoms with Gasteiger partial charge in [0.25, 0.3) is 0 Å². The summed E-state index contributed by atoms with van der Waals surface area (Å²) < 4.78 is 32.7. The van der Waals surface area contributed by atoms with Gasteiger partial charge < -0.3 is 10.1 Å². The van der Waals surface area contributed by atoms with Gasteiger partial charge in [0.05, 0.1) is 7.11 Å². The van der Waals surface area contributed by atoms with Gasteiger partial charge in [-0.25, -0.2) is 8.78 Å². The third kappa shape index (κ3) is 2.52. The predicted octanol–water partition coefficient (Wildman–Crippen LogP) is 2.16. The lowest BCUT2D eigenvalue weighted by Crippen LogP contribution is -2.43. The van der Waals surface area contributed by atoms with E-state index in [0.29, 0.717) is 29.8 Å². The zero-order valence-corrected chi connectivity index (χ0v) is 11.7. The summed E-state index contributed by atoms with van der Waals surface area (Å²) in [6, 6.07) is 3.02. The number of hydrogen-bond acceptors (Lipinski definition) is 3. The molecule has 0 radical (unpaired) electrons. The van der Waals surface area contributed by atoms with Crippen LogP contribution in [0, 0.1) is 17.6 Å². The van der Waals surface area contributed by atoms with Crippen LogP contribution in [0.15, 0.2) is 12.1 Å². The number of nitrogens with zero attached hydrogens (tertiary/aromatic N) is 1. The molecule has 3 aliphatic rings. The summed E-state index contributed by atoms with van der Waals surface area (Å²) in [6.07, 6.45) is 2.34. The van der Waals surface area contributed by atoms with Crippen molar-refractivity contribution in [2.24, 2.45) is 5.92 Å². The van der Waals surface area contributed by atoms with Gasteiger partial charge in [0.1, 0.15) is 5.75 Å². The highest BCUT2D eigenvalue weighted by atomic mass is 19.2. The van der Waals surface area contributed by atoms with Crippen LogP contribution in [0.5, 0.6) is 5.75 Å². The normalized spacial score (nSPS) is 26.6. The molecule has 1 N–H and O–H groups in total. The molecule has 20 heavy (non-hydrogen) atoms. The minimum absolute atomic E-state index is 0.333. The molecule has 4 rings (SSSR count). The minimum Gasteiger partial charge on any atom is -0.496 e. The number of methoxy groups -OCH3 is 1. The van der Waals surface area contributed by atoms with E-state index in [9.17, 15) is 8.78 Å². The van der Waals surface area contributed by atoms with Crippen LogP contribution in [-0.2, 0) is 6.54 Å². The first kappa shape index (κ1) is 13.8. The number of hydrogen-bond donors (Lipinski definition) is 1. The average molecular weight is 282 g/mol. The van der Waals surface area contributed by atoms with Crippen LogP contribution in [0.1, 0.15) is 18.4 Å². The van der Waals surface area contributed by atoms with Crippen LogP contribution in [-0.4, -0.2) is 37.7 Å². The van der Waals surface area contributed by atoms with Crippen molar-refractivity contribution in [2.45, 2.75) is 25.4 Å². The number of fused-ring (bicyclic) bond motifs is 4. The van der Waals surface area contributed by atoms with Gasteiger partial charge in [-0.1, -0.05) is 0 Å². The molecule has 0 amide bonds. The summed E-state index contributed by atoms with van der Waals surface area (Å²) in [4.78, 5) is 2.26. The molecular formula is C15H20F2N2O. The van der Waals surface area contributed by atoms with Gasteiger partial charge >= 0.3 is 0 Å². The van der Waals surface area contributed by atoms with Crippen molar-refractivity contribution in [2.75, 3.05) is 26.7 Å². The SMILES string of the molecule is COc1ccc(F)c(F)c1CN1C[C@@H]2CC[C@H]1CNC2. The van der Waals surface area contributed by atoms with Crippen LogP contribution < -0.4 is 10.1 Å². The molecule has 0 unspecified atom stereocenters. The fourth-order valence-electron chi connectivity index (χ4n) is 3.34. The molecule has 3 aliphatic heterocycles. The van der Waals surface area contributed by atoms with Gasteiger partial charge in [-0.3, -0.25) is 4.90 Å². The van der Waals surface area contributed by atoms with E-state index in [0.717, 1.165) is 32.1 Å². The summed E-state index contributed by atoms with van der Waals surface area (Å²) in [5.41, 5.74) is 0.333. The maximum absolute atomic E-state index is 14.1. The summed E-state index contributed by atoms with van der Waals surface area (Å²) >= 11 is 0. The number of nitrogens with one attached hydrogen (secondary N) is 1. The molecule has 3 heterocycles. The van der Waals surface area contributed by atoms with Crippen molar-refractivity contribution in [1.82, 2.24) is 10.2 Å². The first-order chi connectivity index (χ1) is 9.69. The molecule has 0 aromatic heterocycles. The summed E-state index contributed by atoms with van der Waals surface area (Å²) in [7, 11) is 1.49. The second kappa shape index (κ2) is 5.66. The first-order valence-electron chi connectivity index (χ1n) is 7.14. The lowest BCUT2D eigenvalue weighted by Gasteiger charge is -2.36. The molecule has 0 aliphatic carbocycles. The fourth-order valence-corrected chi connectivity index (χ4v) is 3.34. The Bertz CT molecular complexity index is 491. The molecule has 3 saturated heterocycles. The Labute approximate surface area is 117 Å². The van der Waals surface area contributed by atoms with Crippen LogP contribution in [0.3, 0.4) is 0 Å². The number of rotatable bonds is 3. The Kier molecular flexibility index (Phi) is 3.89. The fraction of sp³-hybridized carbons (Fsp3) is 0.600. The van der Waals surface area contributed by atoms with Crippen molar-refractivity contribution in [3.63, 3.8) is 0 Å². The zero-order chi connectivity index (χ0) is 14.1. The van der Waals surface area contributed by atoms with Gasteiger partial charge in [-0.2, -0.15) is 0 Å². The Morgan fingerprint density at radius 3 is 2.95 bits per heavy atom. The van der Waals surface area contributed by atoms with Crippen molar-refractivity contribution in [1.29, 1.82) is 0 Å². The maximum atomic E-state index is 14.1. The third-order valence-electron chi connectivity index (χ3n) is 4.46. The quantitative estimate of drug-likeness (QED) is 0.919. The molecule has 5 heteroatoms. The summed E-state index contributed by atoms with van der Waals surface area (Å²) in [6.45, 7) is 3.30. The van der Waals surface area contributed by atoms with E-state index in [-0.39, 0.29) is 0 Å². The second-order valence-electron chi connectivity index (χ2n) is 5.73. The van der Waals surface area contributed by atoms with Crippen LogP contribution in [0.2, 0.25) is 0 Å². The van der Waals surface area contributed by atoms with E-state index in [1.807, 2.05) is 0 Å². The van der Waals surface area contributed by atoms with E-state index in [1.54, 1.807) is 0 Å². The van der Waals surface area contributed by atoms with Gasteiger partial charge in [-0.15, -0.1) is 0 Å². The molecule has 2 atom stereocenters. The summed E-state index contributed by atoms with van der Waals surface area (Å²) in [5.74, 6) is -0.551. The number of piperidine rings is 1. The Hall–Kier alpha value is -1.20.